The maximum Gasteiger partial charge on any atom is 0.322 e. The first-order valence-electron chi connectivity index (χ1n) is 9.23. The molecule has 0 aliphatic carbocycles. The van der Waals surface area contributed by atoms with Crippen molar-refractivity contribution in [2.24, 2.45) is 16.4 Å². The third-order valence-electron chi connectivity index (χ3n) is 5.11. The number of hydrogen-bond acceptors (Lipinski definition) is 7. The quantitative estimate of drug-likeness (QED) is 0.303. The van der Waals surface area contributed by atoms with Gasteiger partial charge in [0.1, 0.15) is 12.2 Å². The molecular weight excluding hydrogens is 376 g/mol. The standard InChI is InChI=1S/C20H24N4O5/c1-20(2,3)18-7-11-6-17(29-5-4-22-21)16(26)8-12(11)14-9-15(25)13(10-24(14)18)19(27)23-28/h6,8-10,18,22,26H,4-5,7,21H2,1-3H3. The number of phenols is 1. The van der Waals surface area contributed by atoms with Gasteiger partial charge in [0.2, 0.25) is 0 Å². The molecule has 0 saturated heterocycles. The highest BCUT2D eigenvalue weighted by Crippen LogP contribution is 2.45. The zero-order valence-corrected chi connectivity index (χ0v) is 16.6. The molecule has 29 heavy (non-hydrogen) atoms. The van der Waals surface area contributed by atoms with Gasteiger partial charge < -0.3 is 14.4 Å². The van der Waals surface area contributed by atoms with Crippen molar-refractivity contribution in [3.05, 3.63) is 50.7 Å². The predicted octanol–water partition coefficient (Wildman–Crippen LogP) is 2.11. The third-order valence-corrected chi connectivity index (χ3v) is 5.11. The number of benzene rings is 1. The number of phenolic OH excluding ortho intramolecular Hbond substituents is 1. The average Bonchev–Trinajstić information content (AvgIpc) is 2.66. The van der Waals surface area contributed by atoms with Crippen molar-refractivity contribution in [1.82, 2.24) is 9.99 Å². The number of hydrazine groups is 1. The second-order valence-electron chi connectivity index (χ2n) is 8.11. The van der Waals surface area contributed by atoms with E-state index in [9.17, 15) is 19.6 Å². The van der Waals surface area contributed by atoms with Crippen LogP contribution in [0.15, 0.2) is 34.4 Å². The Balaban J connectivity index is 2.19. The molecule has 1 unspecified atom stereocenters. The predicted molar refractivity (Wildman–Crippen MR) is 108 cm³/mol. The lowest BCUT2D eigenvalue weighted by atomic mass is 9.78. The van der Waals surface area contributed by atoms with Crippen molar-refractivity contribution < 1.29 is 14.6 Å². The number of nitrogens with zero attached hydrogens (tertiary/aromatic N) is 2. The Kier molecular flexibility index (Phi) is 5.54. The molecule has 1 amide bonds. The minimum atomic E-state index is -1.09. The number of aromatic nitrogens is 1. The lowest BCUT2D eigenvalue weighted by molar-refractivity contribution is 0.0998. The van der Waals surface area contributed by atoms with Crippen molar-refractivity contribution >= 4 is 5.91 Å². The fourth-order valence-corrected chi connectivity index (χ4v) is 3.62. The van der Waals surface area contributed by atoms with Gasteiger partial charge in [0, 0.05) is 35.6 Å². The molecule has 1 aliphatic rings. The van der Waals surface area contributed by atoms with E-state index in [0.29, 0.717) is 30.0 Å². The Labute approximate surface area is 167 Å². The van der Waals surface area contributed by atoms with Crippen molar-refractivity contribution in [2.45, 2.75) is 33.2 Å². The van der Waals surface area contributed by atoms with E-state index in [1.807, 2.05) is 4.57 Å². The zero-order chi connectivity index (χ0) is 21.3. The minimum Gasteiger partial charge on any atom is -0.504 e. The second-order valence-corrected chi connectivity index (χ2v) is 8.11. The highest BCUT2D eigenvalue weighted by molar-refractivity contribution is 5.94. The molecule has 4 N–H and O–H groups in total. The van der Waals surface area contributed by atoms with Crippen LogP contribution in [0.3, 0.4) is 0 Å². The number of pyridine rings is 1. The molecule has 2 heterocycles. The van der Waals surface area contributed by atoms with Crippen LogP contribution in [0, 0.1) is 10.3 Å². The minimum absolute atomic E-state index is 0.0660. The molecule has 9 nitrogen and oxygen atoms in total. The average molecular weight is 400 g/mol. The number of nitrogens with one attached hydrogen (secondary N) is 1. The van der Waals surface area contributed by atoms with E-state index in [0.717, 1.165) is 5.56 Å². The number of fused-ring (bicyclic) bond motifs is 3. The van der Waals surface area contributed by atoms with Crippen molar-refractivity contribution in [2.75, 3.05) is 13.2 Å². The van der Waals surface area contributed by atoms with Gasteiger partial charge in [0.05, 0.1) is 5.69 Å². The lowest BCUT2D eigenvalue weighted by Crippen LogP contribution is -2.32. The summed E-state index contributed by atoms with van der Waals surface area (Å²) in [6.45, 7) is 6.85. The summed E-state index contributed by atoms with van der Waals surface area (Å²) < 4.78 is 7.41. The number of amides is 1. The Bertz CT molecular complexity index is 1020. The number of hydrogen-bond donors (Lipinski definition) is 3. The Morgan fingerprint density at radius 2 is 2.10 bits per heavy atom. The first-order chi connectivity index (χ1) is 13.7. The summed E-state index contributed by atoms with van der Waals surface area (Å²) in [5.41, 5.74) is 3.54. The summed E-state index contributed by atoms with van der Waals surface area (Å²) >= 11 is 0. The topological polar surface area (TPSA) is 136 Å². The molecule has 1 atom stereocenters. The van der Waals surface area contributed by atoms with E-state index in [-0.39, 0.29) is 29.4 Å². The highest BCUT2D eigenvalue weighted by Gasteiger charge is 2.34. The molecule has 0 radical (unpaired) electrons. The number of ether oxygens (including phenoxy) is 1. The van der Waals surface area contributed by atoms with Gasteiger partial charge in [-0.25, -0.2) is 0 Å². The van der Waals surface area contributed by atoms with Gasteiger partial charge in [0.15, 0.2) is 16.9 Å². The van der Waals surface area contributed by atoms with Crippen LogP contribution in [0.25, 0.3) is 11.3 Å². The van der Waals surface area contributed by atoms with Crippen molar-refractivity contribution in [3.63, 3.8) is 0 Å². The van der Waals surface area contributed by atoms with E-state index >= 15 is 0 Å². The van der Waals surface area contributed by atoms with Crippen LogP contribution in [0.2, 0.25) is 0 Å². The SMILES string of the molecule is CC(C)(C)C1Cc2cc(OCCNN)c(O)cc2-c2cc(=O)c(C(=O)N=O)cn21. The highest BCUT2D eigenvalue weighted by atomic mass is 16.5. The summed E-state index contributed by atoms with van der Waals surface area (Å²) in [5, 5.41) is 12.8. The number of carbonyl (C=O) groups is 1. The van der Waals surface area contributed by atoms with Crippen LogP contribution in [-0.4, -0.2) is 28.7 Å². The smallest absolute Gasteiger partial charge is 0.322 e. The summed E-state index contributed by atoms with van der Waals surface area (Å²) in [4.78, 5) is 34.9. The van der Waals surface area contributed by atoms with Gasteiger partial charge >= 0.3 is 5.91 Å². The first kappa shape index (κ1) is 20.7. The largest absolute Gasteiger partial charge is 0.504 e. The number of nitroso groups, excluding NO2 is 1. The van der Waals surface area contributed by atoms with E-state index in [4.69, 9.17) is 10.6 Å². The molecule has 1 aromatic carbocycles. The normalized spacial score (nSPS) is 15.4. The van der Waals surface area contributed by atoms with Crippen LogP contribution in [0.4, 0.5) is 0 Å². The van der Waals surface area contributed by atoms with Crippen LogP contribution < -0.4 is 21.4 Å². The summed E-state index contributed by atoms with van der Waals surface area (Å²) in [6, 6.07) is 4.52. The van der Waals surface area contributed by atoms with Gasteiger partial charge in [-0.15, -0.1) is 4.91 Å². The summed E-state index contributed by atoms with van der Waals surface area (Å²) in [5.74, 6) is 4.42. The van der Waals surface area contributed by atoms with Gasteiger partial charge in [-0.05, 0) is 29.5 Å². The van der Waals surface area contributed by atoms with E-state index in [2.05, 4.69) is 31.4 Å². The summed E-state index contributed by atoms with van der Waals surface area (Å²) in [7, 11) is 0. The van der Waals surface area contributed by atoms with Gasteiger partial charge in [-0.3, -0.25) is 20.9 Å². The lowest BCUT2D eigenvalue weighted by Gasteiger charge is -2.39. The third kappa shape index (κ3) is 3.92. The van der Waals surface area contributed by atoms with Gasteiger partial charge in [-0.1, -0.05) is 20.8 Å². The molecular formula is C20H24N4O5. The molecule has 0 spiro atoms. The zero-order valence-electron chi connectivity index (χ0n) is 16.6. The maximum atomic E-state index is 12.4. The van der Waals surface area contributed by atoms with Crippen LogP contribution in [0.1, 0.15) is 42.7 Å². The Morgan fingerprint density at radius 3 is 2.72 bits per heavy atom. The van der Waals surface area contributed by atoms with E-state index in [1.54, 1.807) is 12.1 Å². The molecule has 0 saturated carbocycles. The Morgan fingerprint density at radius 1 is 1.38 bits per heavy atom. The molecule has 1 aromatic heterocycles. The fourth-order valence-electron chi connectivity index (χ4n) is 3.62. The monoisotopic (exact) mass is 400 g/mol. The fraction of sp³-hybridized carbons (Fsp3) is 0.400. The van der Waals surface area contributed by atoms with E-state index < -0.39 is 11.3 Å². The Hall–Kier alpha value is -3.04. The second kappa shape index (κ2) is 7.76. The van der Waals surface area contributed by atoms with Crippen LogP contribution >= 0.6 is 0 Å². The van der Waals surface area contributed by atoms with Crippen LogP contribution in [0.5, 0.6) is 11.5 Å². The van der Waals surface area contributed by atoms with E-state index in [1.165, 1.54) is 12.3 Å². The van der Waals surface area contributed by atoms with Gasteiger partial charge in [-0.2, -0.15) is 0 Å². The molecule has 0 fully saturated rings. The van der Waals surface area contributed by atoms with Crippen LogP contribution in [-0.2, 0) is 6.42 Å². The maximum absolute atomic E-state index is 12.4. The molecule has 2 aromatic rings. The number of rotatable bonds is 5. The summed E-state index contributed by atoms with van der Waals surface area (Å²) in [6.07, 6.45) is 1.98. The van der Waals surface area contributed by atoms with Crippen molar-refractivity contribution in [1.29, 1.82) is 0 Å². The first-order valence-corrected chi connectivity index (χ1v) is 9.23. The van der Waals surface area contributed by atoms with Gasteiger partial charge in [0.25, 0.3) is 0 Å². The number of aromatic hydroxyl groups is 1. The molecule has 9 heteroatoms. The number of carbonyl (C=O) groups excluding carboxylic acids is 1. The molecule has 154 valence electrons. The molecule has 3 rings (SSSR count). The number of nitrogens with two attached hydrogens (primary N) is 1. The molecule has 1 aliphatic heterocycles. The molecule has 0 bridgehead atoms. The van der Waals surface area contributed by atoms with Crippen molar-refractivity contribution in [3.8, 4) is 22.8 Å².